The molecule has 0 bridgehead atoms. The minimum atomic E-state index is -3.65. The second-order valence-corrected chi connectivity index (χ2v) is 8.82. The van der Waals surface area contributed by atoms with Crippen LogP contribution < -0.4 is 5.73 Å². The van der Waals surface area contributed by atoms with Crippen LogP contribution in [-0.4, -0.2) is 31.7 Å². The lowest BCUT2D eigenvalue weighted by atomic mass is 9.87. The number of hydrogen-bond acceptors (Lipinski definition) is 3. The average molecular weight is 373 g/mol. The number of hydrogen-bond donors (Lipinski definition) is 1. The van der Waals surface area contributed by atoms with E-state index in [1.165, 1.54) is 23.6 Å². The van der Waals surface area contributed by atoms with Crippen molar-refractivity contribution in [1.82, 2.24) is 4.31 Å². The smallest absolute Gasteiger partial charge is 0.232 e. The van der Waals surface area contributed by atoms with Gasteiger partial charge in [-0.05, 0) is 24.0 Å². The van der Waals surface area contributed by atoms with E-state index in [2.05, 4.69) is 0 Å². The standard InChI is InChI=1S/C17H25ClN2O3S/c18-16-9-5-4-8-15(16)13-24(22,23)20(12-17(19)21)11-10-14-6-2-1-3-7-14/h4-5,8-9,14H,1-3,6-7,10-13H2,(H2,19,21). The molecule has 1 aliphatic rings. The largest absolute Gasteiger partial charge is 0.369 e. The fraction of sp³-hybridized carbons (Fsp3) is 0.588. The van der Waals surface area contributed by atoms with Crippen molar-refractivity contribution in [2.75, 3.05) is 13.1 Å². The predicted octanol–water partition coefficient (Wildman–Crippen LogP) is 2.93. The summed E-state index contributed by atoms with van der Waals surface area (Å²) in [5, 5.41) is 0.410. The van der Waals surface area contributed by atoms with Gasteiger partial charge in [-0.1, -0.05) is 61.9 Å². The Labute approximate surface area is 149 Å². The zero-order valence-electron chi connectivity index (χ0n) is 13.8. The van der Waals surface area contributed by atoms with E-state index in [0.29, 0.717) is 23.0 Å². The van der Waals surface area contributed by atoms with Gasteiger partial charge in [0.25, 0.3) is 0 Å². The average Bonchev–Trinajstić information content (AvgIpc) is 2.54. The molecule has 0 heterocycles. The number of rotatable bonds is 8. The van der Waals surface area contributed by atoms with E-state index in [9.17, 15) is 13.2 Å². The van der Waals surface area contributed by atoms with E-state index in [4.69, 9.17) is 17.3 Å². The molecule has 0 radical (unpaired) electrons. The molecule has 0 spiro atoms. The number of primary amides is 1. The minimum Gasteiger partial charge on any atom is -0.369 e. The maximum Gasteiger partial charge on any atom is 0.232 e. The quantitative estimate of drug-likeness (QED) is 0.761. The van der Waals surface area contributed by atoms with E-state index in [-0.39, 0.29) is 12.3 Å². The summed E-state index contributed by atoms with van der Waals surface area (Å²) in [5.41, 5.74) is 5.78. The maximum atomic E-state index is 12.7. The molecule has 134 valence electrons. The number of amides is 1. The van der Waals surface area contributed by atoms with Crippen LogP contribution in [0.15, 0.2) is 24.3 Å². The first-order valence-electron chi connectivity index (χ1n) is 8.38. The summed E-state index contributed by atoms with van der Waals surface area (Å²) < 4.78 is 26.7. The predicted molar refractivity (Wildman–Crippen MR) is 96.0 cm³/mol. The second kappa shape index (κ2) is 8.83. The number of benzene rings is 1. The molecule has 0 atom stereocenters. The van der Waals surface area contributed by atoms with Crippen LogP contribution in [0.2, 0.25) is 5.02 Å². The Hall–Kier alpha value is -1.11. The highest BCUT2D eigenvalue weighted by Gasteiger charge is 2.26. The van der Waals surface area contributed by atoms with Gasteiger partial charge in [-0.3, -0.25) is 4.79 Å². The molecular weight excluding hydrogens is 348 g/mol. The topological polar surface area (TPSA) is 80.5 Å². The molecule has 2 rings (SSSR count). The van der Waals surface area contributed by atoms with Crippen molar-refractivity contribution < 1.29 is 13.2 Å². The fourth-order valence-electron chi connectivity index (χ4n) is 3.20. The van der Waals surface area contributed by atoms with Crippen molar-refractivity contribution in [2.24, 2.45) is 11.7 Å². The molecule has 0 aliphatic heterocycles. The Bertz CT molecular complexity index is 658. The van der Waals surface area contributed by atoms with Gasteiger partial charge in [-0.25, -0.2) is 8.42 Å². The molecule has 1 fully saturated rings. The lowest BCUT2D eigenvalue weighted by Crippen LogP contribution is -2.40. The molecule has 0 unspecified atom stereocenters. The summed E-state index contributed by atoms with van der Waals surface area (Å²) in [6.07, 6.45) is 6.70. The van der Waals surface area contributed by atoms with Gasteiger partial charge < -0.3 is 5.73 Å². The zero-order chi connectivity index (χ0) is 17.6. The Kier molecular flexibility index (Phi) is 7.07. The Balaban J connectivity index is 2.06. The highest BCUT2D eigenvalue weighted by Crippen LogP contribution is 2.27. The van der Waals surface area contributed by atoms with Gasteiger partial charge in [0.2, 0.25) is 15.9 Å². The normalized spacial score (nSPS) is 16.4. The van der Waals surface area contributed by atoms with Crippen LogP contribution in [0, 0.1) is 5.92 Å². The van der Waals surface area contributed by atoms with Gasteiger partial charge in [0.05, 0.1) is 12.3 Å². The van der Waals surface area contributed by atoms with Crippen LogP contribution in [0.4, 0.5) is 0 Å². The van der Waals surface area contributed by atoms with Gasteiger partial charge in [-0.2, -0.15) is 4.31 Å². The van der Waals surface area contributed by atoms with Crippen LogP contribution >= 0.6 is 11.6 Å². The minimum absolute atomic E-state index is 0.218. The van der Waals surface area contributed by atoms with Gasteiger partial charge >= 0.3 is 0 Å². The van der Waals surface area contributed by atoms with Crippen LogP contribution in [0.25, 0.3) is 0 Å². The van der Waals surface area contributed by atoms with Crippen molar-refractivity contribution >= 4 is 27.5 Å². The first-order chi connectivity index (χ1) is 11.4. The van der Waals surface area contributed by atoms with Crippen LogP contribution in [-0.2, 0) is 20.6 Å². The fourth-order valence-corrected chi connectivity index (χ4v) is 5.01. The van der Waals surface area contributed by atoms with E-state index in [0.717, 1.165) is 19.3 Å². The molecule has 7 heteroatoms. The Morgan fingerprint density at radius 3 is 2.50 bits per heavy atom. The first kappa shape index (κ1) is 19.2. The molecule has 5 nitrogen and oxygen atoms in total. The molecule has 1 aromatic rings. The summed E-state index contributed by atoms with van der Waals surface area (Å²) in [7, 11) is -3.65. The third kappa shape index (κ3) is 5.76. The van der Waals surface area contributed by atoms with Crippen LogP contribution in [0.3, 0.4) is 0 Å². The van der Waals surface area contributed by atoms with Crippen LogP contribution in [0.5, 0.6) is 0 Å². The van der Waals surface area contributed by atoms with E-state index in [1.807, 2.05) is 0 Å². The number of carbonyl (C=O) groups excluding carboxylic acids is 1. The van der Waals surface area contributed by atoms with Gasteiger partial charge in [-0.15, -0.1) is 0 Å². The molecular formula is C17H25ClN2O3S. The molecule has 24 heavy (non-hydrogen) atoms. The van der Waals surface area contributed by atoms with Crippen molar-refractivity contribution in [3.63, 3.8) is 0 Å². The SMILES string of the molecule is NC(=O)CN(CCC1CCCCC1)S(=O)(=O)Cc1ccccc1Cl. The lowest BCUT2D eigenvalue weighted by Gasteiger charge is -2.26. The van der Waals surface area contributed by atoms with Crippen LogP contribution in [0.1, 0.15) is 44.1 Å². The van der Waals surface area contributed by atoms with Crippen molar-refractivity contribution in [3.8, 4) is 0 Å². The second-order valence-electron chi connectivity index (χ2n) is 6.44. The molecule has 0 saturated heterocycles. The lowest BCUT2D eigenvalue weighted by molar-refractivity contribution is -0.118. The number of carbonyl (C=O) groups is 1. The van der Waals surface area contributed by atoms with Gasteiger partial charge in [0.15, 0.2) is 0 Å². The van der Waals surface area contributed by atoms with Gasteiger partial charge in [0.1, 0.15) is 0 Å². The molecule has 0 aromatic heterocycles. The molecule has 1 aromatic carbocycles. The zero-order valence-corrected chi connectivity index (χ0v) is 15.4. The van der Waals surface area contributed by atoms with Crippen molar-refractivity contribution in [1.29, 1.82) is 0 Å². The Morgan fingerprint density at radius 2 is 1.88 bits per heavy atom. The number of halogens is 1. The highest BCUT2D eigenvalue weighted by atomic mass is 35.5. The maximum absolute atomic E-state index is 12.7. The highest BCUT2D eigenvalue weighted by molar-refractivity contribution is 7.88. The van der Waals surface area contributed by atoms with E-state index in [1.54, 1.807) is 24.3 Å². The monoisotopic (exact) mass is 372 g/mol. The third-order valence-corrected chi connectivity index (χ3v) is 6.68. The summed E-state index contributed by atoms with van der Waals surface area (Å²) >= 11 is 6.06. The Morgan fingerprint density at radius 1 is 1.21 bits per heavy atom. The third-order valence-electron chi connectivity index (χ3n) is 4.53. The summed E-state index contributed by atoms with van der Waals surface area (Å²) in [5.74, 6) is -0.323. The van der Waals surface area contributed by atoms with Gasteiger partial charge in [0, 0.05) is 11.6 Å². The van der Waals surface area contributed by atoms with E-state index >= 15 is 0 Å². The summed E-state index contributed by atoms with van der Waals surface area (Å²) in [4.78, 5) is 11.3. The molecule has 2 N–H and O–H groups in total. The van der Waals surface area contributed by atoms with Crippen molar-refractivity contribution in [2.45, 2.75) is 44.3 Å². The van der Waals surface area contributed by atoms with E-state index < -0.39 is 15.9 Å². The molecule has 1 amide bonds. The van der Waals surface area contributed by atoms with Crippen molar-refractivity contribution in [3.05, 3.63) is 34.9 Å². The molecule has 1 saturated carbocycles. The number of sulfonamides is 1. The molecule has 1 aliphatic carbocycles. The first-order valence-corrected chi connectivity index (χ1v) is 10.4. The number of nitrogens with zero attached hydrogens (tertiary/aromatic N) is 1. The summed E-state index contributed by atoms with van der Waals surface area (Å²) in [6.45, 7) is 0.0555. The number of nitrogens with two attached hydrogens (primary N) is 1. The summed E-state index contributed by atoms with van der Waals surface area (Å²) in [6, 6.07) is 6.84.